The number of nitrogens with zero attached hydrogens (tertiary/aromatic N) is 4. The molecule has 0 aliphatic carbocycles. The molecule has 4 aromatic rings. The van der Waals surface area contributed by atoms with E-state index in [0.717, 1.165) is 39.8 Å². The van der Waals surface area contributed by atoms with Gasteiger partial charge in [-0.2, -0.15) is 5.26 Å². The largest absolute Gasteiger partial charge is 0.333 e. The lowest BCUT2D eigenvalue weighted by molar-refractivity contribution is 0.240. The van der Waals surface area contributed by atoms with E-state index in [1.807, 2.05) is 36.4 Å². The van der Waals surface area contributed by atoms with E-state index in [2.05, 4.69) is 15.2 Å². The molecule has 0 spiro atoms. The van der Waals surface area contributed by atoms with Crippen molar-refractivity contribution >= 4 is 46.2 Å². The number of hydrogen-bond donors (Lipinski definition) is 1. The molecule has 1 aliphatic heterocycles. The number of benzene rings is 2. The van der Waals surface area contributed by atoms with Crippen molar-refractivity contribution in [2.45, 2.75) is 19.5 Å². The first-order chi connectivity index (χ1) is 17.9. The van der Waals surface area contributed by atoms with E-state index in [4.69, 9.17) is 28.5 Å². The van der Waals surface area contributed by atoms with Gasteiger partial charge in [0.15, 0.2) is 0 Å². The predicted octanol–water partition coefficient (Wildman–Crippen LogP) is 6.18. The van der Waals surface area contributed by atoms with E-state index >= 15 is 0 Å². The molecule has 0 unspecified atom stereocenters. The summed E-state index contributed by atoms with van der Waals surface area (Å²) in [6.45, 7) is 2.42. The van der Waals surface area contributed by atoms with Crippen LogP contribution in [0.5, 0.6) is 0 Å². The molecule has 1 aliphatic rings. The zero-order valence-corrected chi connectivity index (χ0v) is 21.2. The van der Waals surface area contributed by atoms with Gasteiger partial charge < -0.3 is 5.32 Å². The molecule has 1 amide bonds. The van der Waals surface area contributed by atoms with Crippen molar-refractivity contribution in [3.63, 3.8) is 0 Å². The van der Waals surface area contributed by atoms with E-state index in [9.17, 15) is 9.18 Å². The van der Waals surface area contributed by atoms with Crippen LogP contribution in [0.15, 0.2) is 60.8 Å². The van der Waals surface area contributed by atoms with Crippen LogP contribution in [0, 0.1) is 17.1 Å². The summed E-state index contributed by atoms with van der Waals surface area (Å²) >= 11 is 12.3. The minimum Gasteiger partial charge on any atom is -0.333 e. The van der Waals surface area contributed by atoms with Gasteiger partial charge in [-0.05, 0) is 59.2 Å². The molecule has 2 aromatic carbocycles. The Bertz CT molecular complexity index is 1570. The number of halogens is 3. The number of carbonyl (C=O) groups is 1. The Morgan fingerprint density at radius 1 is 1.19 bits per heavy atom. The molecule has 1 N–H and O–H groups in total. The molecule has 0 atom stereocenters. The lowest BCUT2D eigenvalue weighted by Crippen LogP contribution is -2.34. The van der Waals surface area contributed by atoms with Gasteiger partial charge in [0.25, 0.3) is 0 Å². The van der Waals surface area contributed by atoms with Crippen molar-refractivity contribution in [2.75, 3.05) is 13.1 Å². The molecule has 0 radical (unpaired) electrons. The standard InChI is InChI=1S/C28H22Cl2FN5O/c29-21-4-6-25-22(14-21)23-17-35(10-1-2-18-3-5-24(31)20(12-18)15-32)11-8-26(23)36(25)28(37)34-16-19-7-9-33-27(30)13-19/h1-7,9,12-14H,8,10-11,16-17H2,(H,34,37). The van der Waals surface area contributed by atoms with Crippen molar-refractivity contribution in [3.05, 3.63) is 105 Å². The highest BCUT2D eigenvalue weighted by Crippen LogP contribution is 2.32. The maximum atomic E-state index is 13.6. The molecule has 3 heterocycles. The Balaban J connectivity index is 1.36. The second-order valence-corrected chi connectivity index (χ2v) is 9.63. The Morgan fingerprint density at radius 2 is 2.05 bits per heavy atom. The third kappa shape index (κ3) is 5.37. The Morgan fingerprint density at radius 3 is 2.86 bits per heavy atom. The number of nitrogens with one attached hydrogen (secondary N) is 1. The highest BCUT2D eigenvalue weighted by atomic mass is 35.5. The van der Waals surface area contributed by atoms with E-state index < -0.39 is 5.82 Å². The van der Waals surface area contributed by atoms with Gasteiger partial charge in [-0.1, -0.05) is 41.4 Å². The second kappa shape index (κ2) is 10.7. The van der Waals surface area contributed by atoms with Gasteiger partial charge in [-0.25, -0.2) is 14.2 Å². The number of rotatable bonds is 5. The summed E-state index contributed by atoms with van der Waals surface area (Å²) < 4.78 is 15.3. The fraction of sp³-hybridized carbons (Fsp3) is 0.179. The van der Waals surface area contributed by atoms with Crippen molar-refractivity contribution in [2.24, 2.45) is 0 Å². The predicted molar refractivity (Wildman–Crippen MR) is 143 cm³/mol. The average Bonchev–Trinajstić information content (AvgIpc) is 3.21. The molecule has 37 heavy (non-hydrogen) atoms. The summed E-state index contributed by atoms with van der Waals surface area (Å²) in [6, 6.07) is 15.3. The van der Waals surface area contributed by atoms with E-state index in [-0.39, 0.29) is 11.6 Å². The number of fused-ring (bicyclic) bond motifs is 3. The smallest absolute Gasteiger partial charge is 0.326 e. The zero-order valence-electron chi connectivity index (χ0n) is 19.7. The van der Waals surface area contributed by atoms with Crippen LogP contribution < -0.4 is 5.32 Å². The summed E-state index contributed by atoms with van der Waals surface area (Å²) in [5, 5.41) is 14.0. The van der Waals surface area contributed by atoms with Crippen LogP contribution in [0.25, 0.3) is 17.0 Å². The molecule has 0 saturated heterocycles. The summed E-state index contributed by atoms with van der Waals surface area (Å²) in [5.41, 5.74) is 4.52. The van der Waals surface area contributed by atoms with Gasteiger partial charge in [0.1, 0.15) is 17.0 Å². The molecule has 5 rings (SSSR count). The average molecular weight is 534 g/mol. The normalized spacial score (nSPS) is 13.6. The SMILES string of the molecule is N#Cc1cc(C=CCN2CCc3c(c4cc(Cl)ccc4n3C(=O)NCc3ccnc(Cl)c3)C2)ccc1F. The van der Waals surface area contributed by atoms with E-state index in [1.165, 1.54) is 12.1 Å². The summed E-state index contributed by atoms with van der Waals surface area (Å²) in [6.07, 6.45) is 6.19. The highest BCUT2D eigenvalue weighted by Gasteiger charge is 2.26. The first-order valence-electron chi connectivity index (χ1n) is 11.7. The van der Waals surface area contributed by atoms with Crippen LogP contribution in [-0.4, -0.2) is 33.6 Å². The van der Waals surface area contributed by atoms with Gasteiger partial charge in [0, 0.05) is 54.9 Å². The Kier molecular flexibility index (Phi) is 7.24. The molecule has 6 nitrogen and oxygen atoms in total. The van der Waals surface area contributed by atoms with Crippen molar-refractivity contribution in [1.29, 1.82) is 5.26 Å². The number of amides is 1. The highest BCUT2D eigenvalue weighted by molar-refractivity contribution is 6.31. The maximum Gasteiger partial charge on any atom is 0.326 e. The fourth-order valence-corrected chi connectivity index (χ4v) is 5.02. The van der Waals surface area contributed by atoms with Crippen LogP contribution in [0.1, 0.15) is 27.9 Å². The third-order valence-corrected chi connectivity index (χ3v) is 6.85. The molecular weight excluding hydrogens is 512 g/mol. The van der Waals surface area contributed by atoms with Crippen molar-refractivity contribution in [1.82, 2.24) is 19.8 Å². The molecule has 0 bridgehead atoms. The van der Waals surface area contributed by atoms with Gasteiger partial charge in [0.2, 0.25) is 0 Å². The monoisotopic (exact) mass is 533 g/mol. The Hall–Kier alpha value is -3.70. The van der Waals surface area contributed by atoms with E-state index in [1.54, 1.807) is 29.0 Å². The van der Waals surface area contributed by atoms with Crippen molar-refractivity contribution < 1.29 is 9.18 Å². The van der Waals surface area contributed by atoms with Gasteiger partial charge in [0.05, 0.1) is 11.1 Å². The van der Waals surface area contributed by atoms with Gasteiger partial charge >= 0.3 is 6.03 Å². The fourth-order valence-electron chi connectivity index (χ4n) is 4.65. The quantitative estimate of drug-likeness (QED) is 0.310. The number of hydrogen-bond acceptors (Lipinski definition) is 4. The third-order valence-electron chi connectivity index (χ3n) is 6.41. The summed E-state index contributed by atoms with van der Waals surface area (Å²) in [4.78, 5) is 19.6. The molecule has 9 heteroatoms. The van der Waals surface area contributed by atoms with Gasteiger partial charge in [-0.3, -0.25) is 9.47 Å². The van der Waals surface area contributed by atoms with Crippen LogP contribution >= 0.6 is 23.2 Å². The maximum absolute atomic E-state index is 13.6. The summed E-state index contributed by atoms with van der Waals surface area (Å²) in [5.74, 6) is -0.521. The topological polar surface area (TPSA) is 74.0 Å². The summed E-state index contributed by atoms with van der Waals surface area (Å²) in [7, 11) is 0. The zero-order chi connectivity index (χ0) is 25.9. The number of pyridine rings is 1. The van der Waals surface area contributed by atoms with Crippen molar-refractivity contribution in [3.8, 4) is 6.07 Å². The van der Waals surface area contributed by atoms with Crippen LogP contribution in [0.2, 0.25) is 10.2 Å². The molecule has 186 valence electrons. The van der Waals surface area contributed by atoms with Crippen LogP contribution in [0.3, 0.4) is 0 Å². The molecule has 2 aromatic heterocycles. The molecular formula is C28H22Cl2FN5O. The van der Waals surface area contributed by atoms with E-state index in [0.29, 0.717) is 36.2 Å². The van der Waals surface area contributed by atoms with Crippen LogP contribution in [0.4, 0.5) is 9.18 Å². The first kappa shape index (κ1) is 25.0. The number of nitriles is 1. The first-order valence-corrected chi connectivity index (χ1v) is 12.5. The Labute approximate surface area is 223 Å². The second-order valence-electron chi connectivity index (χ2n) is 8.81. The number of aromatic nitrogens is 2. The molecule has 0 fully saturated rings. The minimum absolute atomic E-state index is 0.0276. The lowest BCUT2D eigenvalue weighted by Gasteiger charge is -2.27. The lowest BCUT2D eigenvalue weighted by atomic mass is 10.0. The van der Waals surface area contributed by atoms with Crippen LogP contribution in [-0.2, 0) is 19.5 Å². The molecule has 0 saturated carbocycles. The minimum atomic E-state index is -0.521. The van der Waals surface area contributed by atoms with Gasteiger partial charge in [-0.15, -0.1) is 0 Å². The number of carbonyl (C=O) groups excluding carboxylic acids is 1.